The van der Waals surface area contributed by atoms with Crippen LogP contribution in [0.1, 0.15) is 31.4 Å². The Kier molecular flexibility index (Phi) is 6.02. The molecule has 1 unspecified atom stereocenters. The number of anilines is 3. The first-order valence-corrected chi connectivity index (χ1v) is 12.6. The summed E-state index contributed by atoms with van der Waals surface area (Å²) in [4.78, 5) is 23.2. The van der Waals surface area contributed by atoms with E-state index < -0.39 is 0 Å². The van der Waals surface area contributed by atoms with E-state index in [1.807, 2.05) is 24.4 Å². The maximum Gasteiger partial charge on any atom is 0.162 e. The standard InChI is InChI=1S/C29H27N9/c1-29(2)17-31-9-8-23(29)36-28-26-21(19-4-3-5-19)15-32-16-22(26)35-27(38-28)20-7-11-34-25(13-20)37-24-12-18(14-30)6-10-33-24/h3-7,10-13,15-16,23,31H,8-9,17H2,1-2H3,(H,33,34,37)(H,35,36,38). The second-order valence-corrected chi connectivity index (χ2v) is 10.2. The van der Waals surface area contributed by atoms with Gasteiger partial charge in [0, 0.05) is 42.3 Å². The Morgan fingerprint density at radius 2 is 1.89 bits per heavy atom. The molecule has 1 aliphatic heterocycles. The Hall–Kier alpha value is -4.68. The molecule has 0 aromatic carbocycles. The van der Waals surface area contributed by atoms with Crippen molar-refractivity contribution < 1.29 is 0 Å². The second kappa shape index (κ2) is 9.65. The number of nitrogens with one attached hydrogen (secondary N) is 3. The summed E-state index contributed by atoms with van der Waals surface area (Å²) >= 11 is 0. The largest absolute Gasteiger partial charge is 0.366 e. The molecule has 188 valence electrons. The quantitative estimate of drug-likeness (QED) is 0.340. The SMILES string of the molecule is CC1(C)CNCCC1Nc1nc(-c2ccnc(Nc3cc(C#N)ccn3)c2)nc2cncc(C3=CC=C3)c12. The molecule has 9 nitrogen and oxygen atoms in total. The molecular weight excluding hydrogens is 474 g/mol. The van der Waals surface area contributed by atoms with Gasteiger partial charge >= 0.3 is 0 Å². The molecule has 0 bridgehead atoms. The van der Waals surface area contributed by atoms with E-state index >= 15 is 0 Å². The van der Waals surface area contributed by atoms with Gasteiger partial charge in [0.25, 0.3) is 0 Å². The summed E-state index contributed by atoms with van der Waals surface area (Å²) in [6.07, 6.45) is 14.2. The van der Waals surface area contributed by atoms with Crippen LogP contribution in [-0.2, 0) is 0 Å². The van der Waals surface area contributed by atoms with Gasteiger partial charge in [-0.15, -0.1) is 0 Å². The van der Waals surface area contributed by atoms with E-state index in [4.69, 9.17) is 9.97 Å². The summed E-state index contributed by atoms with van der Waals surface area (Å²) in [7, 11) is 0. The minimum absolute atomic E-state index is 0.0528. The van der Waals surface area contributed by atoms with Gasteiger partial charge < -0.3 is 16.0 Å². The molecule has 3 N–H and O–H groups in total. The van der Waals surface area contributed by atoms with Crippen LogP contribution in [0.25, 0.3) is 27.9 Å². The smallest absolute Gasteiger partial charge is 0.162 e. The Bertz CT molecular complexity index is 1630. The maximum absolute atomic E-state index is 9.20. The van der Waals surface area contributed by atoms with Crippen LogP contribution in [0.3, 0.4) is 0 Å². The third kappa shape index (κ3) is 4.58. The number of aromatic nitrogens is 5. The number of piperidine rings is 1. The number of nitrogens with zero attached hydrogens (tertiary/aromatic N) is 6. The van der Waals surface area contributed by atoms with Crippen LogP contribution in [0.2, 0.25) is 0 Å². The molecule has 0 radical (unpaired) electrons. The number of hydrogen-bond acceptors (Lipinski definition) is 9. The molecule has 1 saturated heterocycles. The fourth-order valence-corrected chi connectivity index (χ4v) is 4.85. The van der Waals surface area contributed by atoms with Crippen molar-refractivity contribution >= 4 is 33.9 Å². The predicted octanol–water partition coefficient (Wildman–Crippen LogP) is 4.85. The van der Waals surface area contributed by atoms with Crippen LogP contribution in [0.4, 0.5) is 17.5 Å². The monoisotopic (exact) mass is 501 g/mol. The molecule has 5 heterocycles. The summed E-state index contributed by atoms with van der Waals surface area (Å²) in [6.45, 7) is 6.44. The Morgan fingerprint density at radius 3 is 2.66 bits per heavy atom. The zero-order valence-corrected chi connectivity index (χ0v) is 21.2. The summed E-state index contributed by atoms with van der Waals surface area (Å²) in [5.41, 5.74) is 4.30. The van der Waals surface area contributed by atoms with Gasteiger partial charge in [-0.2, -0.15) is 5.26 Å². The predicted molar refractivity (Wildman–Crippen MR) is 149 cm³/mol. The highest BCUT2D eigenvalue weighted by Crippen LogP contribution is 2.36. The van der Waals surface area contributed by atoms with Gasteiger partial charge in [-0.25, -0.2) is 19.9 Å². The fraction of sp³-hybridized carbons (Fsp3) is 0.241. The van der Waals surface area contributed by atoms with Crippen molar-refractivity contribution in [3.63, 3.8) is 0 Å². The van der Waals surface area contributed by atoms with Gasteiger partial charge in [0.2, 0.25) is 0 Å². The lowest BCUT2D eigenvalue weighted by molar-refractivity contribution is 0.236. The molecule has 2 aliphatic rings. The molecule has 4 aromatic rings. The molecule has 38 heavy (non-hydrogen) atoms. The summed E-state index contributed by atoms with van der Waals surface area (Å²) in [5.74, 6) is 2.50. The lowest BCUT2D eigenvalue weighted by Gasteiger charge is -2.40. The number of hydrogen-bond donors (Lipinski definition) is 3. The highest BCUT2D eigenvalue weighted by molar-refractivity contribution is 6.02. The minimum atomic E-state index is 0.0528. The van der Waals surface area contributed by atoms with Gasteiger partial charge in [-0.05, 0) is 48.2 Å². The molecule has 9 heteroatoms. The van der Waals surface area contributed by atoms with E-state index in [9.17, 15) is 5.26 Å². The van der Waals surface area contributed by atoms with Gasteiger partial charge in [0.05, 0.1) is 28.7 Å². The molecule has 6 rings (SSSR count). The van der Waals surface area contributed by atoms with Crippen LogP contribution < -0.4 is 16.0 Å². The topological polar surface area (TPSA) is 124 Å². The molecule has 1 atom stereocenters. The Morgan fingerprint density at radius 1 is 1.08 bits per heavy atom. The van der Waals surface area contributed by atoms with Crippen LogP contribution >= 0.6 is 0 Å². The van der Waals surface area contributed by atoms with Gasteiger partial charge in [-0.3, -0.25) is 4.98 Å². The van der Waals surface area contributed by atoms with Crippen molar-refractivity contribution in [3.8, 4) is 17.5 Å². The van der Waals surface area contributed by atoms with E-state index in [0.717, 1.165) is 52.9 Å². The first kappa shape index (κ1) is 23.7. The zero-order chi connectivity index (χ0) is 26.1. The lowest BCUT2D eigenvalue weighted by atomic mass is 9.80. The van der Waals surface area contributed by atoms with Crippen molar-refractivity contribution in [1.82, 2.24) is 30.2 Å². The van der Waals surface area contributed by atoms with E-state index in [1.54, 1.807) is 30.7 Å². The molecular formula is C29H27N9. The first-order chi connectivity index (χ1) is 18.5. The second-order valence-electron chi connectivity index (χ2n) is 10.2. The summed E-state index contributed by atoms with van der Waals surface area (Å²) in [5, 5.41) is 20.6. The molecule has 4 aromatic heterocycles. The molecule has 1 aliphatic carbocycles. The highest BCUT2D eigenvalue weighted by Gasteiger charge is 2.33. The van der Waals surface area contributed by atoms with Crippen molar-refractivity contribution in [2.45, 2.75) is 26.3 Å². The molecule has 0 saturated carbocycles. The summed E-state index contributed by atoms with van der Waals surface area (Å²) in [6, 6.07) is 9.49. The number of allylic oxidation sites excluding steroid dienone is 4. The molecule has 0 spiro atoms. The fourth-order valence-electron chi connectivity index (χ4n) is 4.85. The van der Waals surface area contributed by atoms with E-state index in [-0.39, 0.29) is 11.5 Å². The first-order valence-electron chi connectivity index (χ1n) is 12.6. The number of pyridine rings is 3. The van der Waals surface area contributed by atoms with Crippen molar-refractivity contribution in [2.24, 2.45) is 5.41 Å². The van der Waals surface area contributed by atoms with Gasteiger partial charge in [-0.1, -0.05) is 32.1 Å². The van der Waals surface area contributed by atoms with E-state index in [2.05, 4.69) is 63.0 Å². The molecule has 0 amide bonds. The Labute approximate surface area is 220 Å². The normalized spacial score (nSPS) is 17.8. The summed E-state index contributed by atoms with van der Waals surface area (Å²) < 4.78 is 0. The minimum Gasteiger partial charge on any atom is -0.366 e. The highest BCUT2D eigenvalue weighted by atomic mass is 15.1. The lowest BCUT2D eigenvalue weighted by Crippen LogP contribution is -2.49. The van der Waals surface area contributed by atoms with Crippen LogP contribution in [0.15, 0.2) is 67.3 Å². The van der Waals surface area contributed by atoms with E-state index in [1.165, 1.54) is 0 Å². The number of rotatable bonds is 6. The zero-order valence-electron chi connectivity index (χ0n) is 21.2. The van der Waals surface area contributed by atoms with E-state index in [0.29, 0.717) is 23.0 Å². The number of nitriles is 1. The molecule has 1 fully saturated rings. The van der Waals surface area contributed by atoms with Crippen LogP contribution in [0, 0.1) is 16.7 Å². The van der Waals surface area contributed by atoms with Crippen LogP contribution in [0.5, 0.6) is 0 Å². The van der Waals surface area contributed by atoms with Crippen LogP contribution in [-0.4, -0.2) is 44.1 Å². The third-order valence-corrected chi connectivity index (χ3v) is 7.08. The number of fused-ring (bicyclic) bond motifs is 1. The third-order valence-electron chi connectivity index (χ3n) is 7.08. The van der Waals surface area contributed by atoms with Crippen molar-refractivity contribution in [3.05, 3.63) is 78.4 Å². The average Bonchev–Trinajstić information content (AvgIpc) is 2.89. The Balaban J connectivity index is 1.42. The maximum atomic E-state index is 9.20. The van der Waals surface area contributed by atoms with Crippen molar-refractivity contribution in [1.29, 1.82) is 5.26 Å². The van der Waals surface area contributed by atoms with Crippen molar-refractivity contribution in [2.75, 3.05) is 23.7 Å². The average molecular weight is 502 g/mol. The van der Waals surface area contributed by atoms with Gasteiger partial charge in [0.15, 0.2) is 5.82 Å². The van der Waals surface area contributed by atoms with Gasteiger partial charge in [0.1, 0.15) is 17.5 Å².